The van der Waals surface area contributed by atoms with E-state index in [-0.39, 0.29) is 5.02 Å². The number of hydrogen-bond donors (Lipinski definition) is 1. The van der Waals surface area contributed by atoms with Crippen LogP contribution in [0, 0.1) is 5.82 Å². The molecule has 0 bridgehead atoms. The average Bonchev–Trinajstić information content (AvgIpc) is 2.46. The Morgan fingerprint density at radius 1 is 1.14 bits per heavy atom. The Labute approximate surface area is 142 Å². The SMILES string of the molecule is CCCNCc1ccc(-c2ccc(Br)c(Cl)c2F)c(Cl)c1. The fourth-order valence-electron chi connectivity index (χ4n) is 2.03. The third-order valence-corrected chi connectivity index (χ3v) is 4.69. The average molecular weight is 391 g/mol. The van der Waals surface area contributed by atoms with Gasteiger partial charge in [0.1, 0.15) is 0 Å². The van der Waals surface area contributed by atoms with Crippen LogP contribution in [0.25, 0.3) is 11.1 Å². The molecule has 5 heteroatoms. The lowest BCUT2D eigenvalue weighted by Crippen LogP contribution is -2.13. The fraction of sp³-hybridized carbons (Fsp3) is 0.250. The van der Waals surface area contributed by atoms with E-state index < -0.39 is 5.82 Å². The molecule has 2 rings (SSSR count). The van der Waals surface area contributed by atoms with Gasteiger partial charge < -0.3 is 5.32 Å². The predicted octanol–water partition coefficient (Wildman–Crippen LogP) is 6.06. The van der Waals surface area contributed by atoms with Crippen LogP contribution in [0.15, 0.2) is 34.8 Å². The van der Waals surface area contributed by atoms with E-state index in [2.05, 4.69) is 28.2 Å². The van der Waals surface area contributed by atoms with Gasteiger partial charge in [0.25, 0.3) is 0 Å². The summed E-state index contributed by atoms with van der Waals surface area (Å²) in [5.74, 6) is -0.468. The van der Waals surface area contributed by atoms with E-state index >= 15 is 0 Å². The van der Waals surface area contributed by atoms with E-state index in [1.807, 2.05) is 18.2 Å². The summed E-state index contributed by atoms with van der Waals surface area (Å²) >= 11 is 15.4. The van der Waals surface area contributed by atoms with Crippen molar-refractivity contribution in [2.75, 3.05) is 6.54 Å². The third-order valence-electron chi connectivity index (χ3n) is 3.11. The Balaban J connectivity index is 2.31. The molecule has 0 aliphatic rings. The van der Waals surface area contributed by atoms with E-state index in [9.17, 15) is 4.39 Å². The maximum atomic E-state index is 14.2. The summed E-state index contributed by atoms with van der Waals surface area (Å²) in [5.41, 5.74) is 2.12. The van der Waals surface area contributed by atoms with Crippen molar-refractivity contribution in [1.82, 2.24) is 5.32 Å². The summed E-state index contributed by atoms with van der Waals surface area (Å²) in [5, 5.41) is 3.89. The smallest absolute Gasteiger partial charge is 0.150 e. The molecule has 0 atom stereocenters. The Morgan fingerprint density at radius 2 is 1.86 bits per heavy atom. The molecule has 0 aliphatic heterocycles. The molecule has 2 aromatic rings. The molecule has 0 saturated heterocycles. The van der Waals surface area contributed by atoms with Gasteiger partial charge in [-0.3, -0.25) is 0 Å². The standard InChI is InChI=1S/C16H15BrCl2FN/c1-2-7-21-9-10-3-4-11(14(18)8-10)12-5-6-13(17)15(19)16(12)20/h3-6,8,21H,2,7,9H2,1H3. The molecule has 1 N–H and O–H groups in total. The van der Waals surface area contributed by atoms with Crippen molar-refractivity contribution in [3.63, 3.8) is 0 Å². The van der Waals surface area contributed by atoms with E-state index in [4.69, 9.17) is 23.2 Å². The highest BCUT2D eigenvalue weighted by Gasteiger charge is 2.14. The largest absolute Gasteiger partial charge is 0.313 e. The summed E-state index contributed by atoms with van der Waals surface area (Å²) in [6.45, 7) is 3.82. The lowest BCUT2D eigenvalue weighted by molar-refractivity contribution is 0.631. The first-order chi connectivity index (χ1) is 10.0. The summed E-state index contributed by atoms with van der Waals surface area (Å²) in [6.07, 6.45) is 1.08. The van der Waals surface area contributed by atoms with Crippen molar-refractivity contribution in [3.8, 4) is 11.1 Å². The monoisotopic (exact) mass is 389 g/mol. The highest BCUT2D eigenvalue weighted by molar-refractivity contribution is 9.10. The van der Waals surface area contributed by atoms with Gasteiger partial charge in [-0.2, -0.15) is 0 Å². The normalized spacial score (nSPS) is 10.9. The molecular weight excluding hydrogens is 376 g/mol. The van der Waals surface area contributed by atoms with Crippen molar-refractivity contribution in [2.45, 2.75) is 19.9 Å². The summed E-state index contributed by atoms with van der Waals surface area (Å²) in [4.78, 5) is 0. The molecule has 21 heavy (non-hydrogen) atoms. The zero-order valence-electron chi connectivity index (χ0n) is 11.5. The lowest BCUT2D eigenvalue weighted by Gasteiger charge is -2.10. The summed E-state index contributed by atoms with van der Waals surface area (Å²) < 4.78 is 14.8. The van der Waals surface area contributed by atoms with Gasteiger partial charge in [-0.1, -0.05) is 48.3 Å². The second kappa shape index (κ2) is 7.59. The van der Waals surface area contributed by atoms with Gasteiger partial charge in [0, 0.05) is 27.2 Å². The molecule has 1 nitrogen and oxygen atoms in total. The minimum Gasteiger partial charge on any atom is -0.313 e. The van der Waals surface area contributed by atoms with Gasteiger partial charge in [0.2, 0.25) is 0 Å². The molecule has 0 spiro atoms. The first-order valence-corrected chi connectivity index (χ1v) is 8.22. The third kappa shape index (κ3) is 3.98. The van der Waals surface area contributed by atoms with E-state index in [0.717, 1.165) is 25.1 Å². The lowest BCUT2D eigenvalue weighted by atomic mass is 10.0. The highest BCUT2D eigenvalue weighted by Crippen LogP contribution is 2.36. The van der Waals surface area contributed by atoms with Crippen LogP contribution in [-0.4, -0.2) is 6.54 Å². The number of rotatable bonds is 5. The summed E-state index contributed by atoms with van der Waals surface area (Å²) in [6, 6.07) is 9.01. The fourth-order valence-corrected chi connectivity index (χ4v) is 2.81. The van der Waals surface area contributed by atoms with Crippen LogP contribution in [0.2, 0.25) is 10.0 Å². The van der Waals surface area contributed by atoms with Crippen LogP contribution in [0.5, 0.6) is 0 Å². The molecule has 0 heterocycles. The minimum atomic E-state index is -0.468. The zero-order chi connectivity index (χ0) is 15.4. The van der Waals surface area contributed by atoms with Crippen LogP contribution in [0.1, 0.15) is 18.9 Å². The van der Waals surface area contributed by atoms with E-state index in [1.165, 1.54) is 0 Å². The molecule has 0 radical (unpaired) electrons. The van der Waals surface area contributed by atoms with Gasteiger partial charge in [-0.05, 0) is 46.6 Å². The molecule has 0 aromatic heterocycles. The second-order valence-corrected chi connectivity index (χ2v) is 6.35. The van der Waals surface area contributed by atoms with Crippen LogP contribution in [-0.2, 0) is 6.54 Å². The van der Waals surface area contributed by atoms with Crippen LogP contribution in [0.3, 0.4) is 0 Å². The van der Waals surface area contributed by atoms with Crippen molar-refractivity contribution >= 4 is 39.1 Å². The molecular formula is C16H15BrCl2FN. The molecule has 0 unspecified atom stereocenters. The molecule has 0 aliphatic carbocycles. The number of benzene rings is 2. The van der Waals surface area contributed by atoms with Crippen LogP contribution >= 0.6 is 39.1 Å². The van der Waals surface area contributed by atoms with Crippen molar-refractivity contribution < 1.29 is 4.39 Å². The number of halogens is 4. The predicted molar refractivity (Wildman–Crippen MR) is 91.6 cm³/mol. The van der Waals surface area contributed by atoms with Gasteiger partial charge in [-0.25, -0.2) is 4.39 Å². The summed E-state index contributed by atoms with van der Waals surface area (Å²) in [7, 11) is 0. The molecule has 0 saturated carbocycles. The van der Waals surface area contributed by atoms with Gasteiger partial charge in [0.05, 0.1) is 5.02 Å². The maximum absolute atomic E-state index is 14.2. The Hall–Kier alpha value is -0.610. The highest BCUT2D eigenvalue weighted by atomic mass is 79.9. The topological polar surface area (TPSA) is 12.0 Å². The van der Waals surface area contributed by atoms with Crippen molar-refractivity contribution in [1.29, 1.82) is 0 Å². The number of hydrogen-bond acceptors (Lipinski definition) is 1. The maximum Gasteiger partial charge on any atom is 0.150 e. The quantitative estimate of drug-likeness (QED) is 0.483. The zero-order valence-corrected chi connectivity index (χ0v) is 14.6. The van der Waals surface area contributed by atoms with Gasteiger partial charge >= 0.3 is 0 Å². The van der Waals surface area contributed by atoms with E-state index in [1.54, 1.807) is 12.1 Å². The van der Waals surface area contributed by atoms with Gasteiger partial charge in [-0.15, -0.1) is 0 Å². The van der Waals surface area contributed by atoms with Gasteiger partial charge in [0.15, 0.2) is 5.82 Å². The Kier molecular flexibility index (Phi) is 6.06. The minimum absolute atomic E-state index is 0.0669. The molecule has 0 amide bonds. The molecule has 2 aromatic carbocycles. The van der Waals surface area contributed by atoms with E-state index in [0.29, 0.717) is 20.6 Å². The first kappa shape index (κ1) is 16.8. The number of nitrogens with one attached hydrogen (secondary N) is 1. The molecule has 0 fully saturated rings. The van der Waals surface area contributed by atoms with Crippen LogP contribution < -0.4 is 5.32 Å². The molecule has 112 valence electrons. The second-order valence-electron chi connectivity index (χ2n) is 4.71. The van der Waals surface area contributed by atoms with Crippen LogP contribution in [0.4, 0.5) is 4.39 Å². The van der Waals surface area contributed by atoms with Crippen molar-refractivity contribution in [2.24, 2.45) is 0 Å². The Morgan fingerprint density at radius 3 is 2.52 bits per heavy atom. The Bertz CT molecular complexity index is 646. The first-order valence-electron chi connectivity index (χ1n) is 6.67. The van der Waals surface area contributed by atoms with Crippen molar-refractivity contribution in [3.05, 3.63) is 56.2 Å².